The molecule has 11 aromatic carbocycles. The van der Waals surface area contributed by atoms with Crippen molar-refractivity contribution < 1.29 is 13.3 Å². The fourth-order valence-electron chi connectivity index (χ4n) is 11.1. The number of fused-ring (bicyclic) bond motifs is 13. The van der Waals surface area contributed by atoms with Gasteiger partial charge in [-0.1, -0.05) is 170 Å². The van der Waals surface area contributed by atoms with E-state index in [9.17, 15) is 0 Å². The van der Waals surface area contributed by atoms with Crippen molar-refractivity contribution in [2.75, 3.05) is 0 Å². The van der Waals surface area contributed by atoms with E-state index in [4.69, 9.17) is 23.2 Å². The average Bonchev–Trinajstić information content (AvgIpc) is 4.12. The van der Waals surface area contributed by atoms with Crippen LogP contribution in [-0.2, 0) is 0 Å². The zero-order valence-corrected chi connectivity index (χ0v) is 36.9. The summed E-state index contributed by atoms with van der Waals surface area (Å²) in [6.45, 7) is 0. The Balaban J connectivity index is 0.914. The van der Waals surface area contributed by atoms with Gasteiger partial charge in [0.1, 0.15) is 45.5 Å². The molecule has 0 radical (unpaired) electrons. The average molecular weight is 884 g/mol. The molecular weight excluding hydrogens is 847 g/mol. The van der Waals surface area contributed by atoms with Crippen LogP contribution < -0.4 is 5.32 Å². The fourth-order valence-corrected chi connectivity index (χ4v) is 11.1. The summed E-state index contributed by atoms with van der Waals surface area (Å²) < 4.78 is 19.6. The summed E-state index contributed by atoms with van der Waals surface area (Å²) in [5.74, 6) is 1.40. The molecule has 4 heterocycles. The van der Waals surface area contributed by atoms with Crippen molar-refractivity contribution in [1.29, 1.82) is 0 Å². The molecule has 3 aromatic heterocycles. The molecule has 1 unspecified atom stereocenters. The van der Waals surface area contributed by atoms with Gasteiger partial charge in [-0.25, -0.2) is 9.98 Å². The van der Waals surface area contributed by atoms with E-state index in [0.717, 1.165) is 127 Å². The molecule has 0 amide bonds. The first-order valence-corrected chi connectivity index (χ1v) is 23.3. The summed E-state index contributed by atoms with van der Waals surface area (Å²) in [5.41, 5.74) is 12.3. The van der Waals surface area contributed by atoms with Gasteiger partial charge in [-0.3, -0.25) is 0 Å². The second-order valence-corrected chi connectivity index (χ2v) is 17.9. The summed E-state index contributed by atoms with van der Waals surface area (Å²) >= 11 is 0. The van der Waals surface area contributed by atoms with Gasteiger partial charge in [-0.15, -0.1) is 0 Å². The van der Waals surface area contributed by atoms with E-state index in [2.05, 4.69) is 181 Å². The number of benzene rings is 11. The van der Waals surface area contributed by atoms with E-state index in [-0.39, 0.29) is 0 Å². The summed E-state index contributed by atoms with van der Waals surface area (Å²) in [7, 11) is 0. The Morgan fingerprint density at radius 2 is 0.884 bits per heavy atom. The van der Waals surface area contributed by atoms with Crippen molar-refractivity contribution in [1.82, 2.24) is 5.32 Å². The molecule has 1 aliphatic rings. The smallest absolute Gasteiger partial charge is 0.160 e. The number of rotatable bonds is 5. The number of aliphatic imine (C=N–C) groups is 2. The first-order valence-electron chi connectivity index (χ1n) is 23.3. The van der Waals surface area contributed by atoms with Gasteiger partial charge in [-0.2, -0.15) is 0 Å². The minimum Gasteiger partial charge on any atom is -0.456 e. The van der Waals surface area contributed by atoms with Crippen LogP contribution in [0.15, 0.2) is 236 Å². The number of nitrogens with zero attached hydrogens (tertiary/aromatic N) is 2. The highest BCUT2D eigenvalue weighted by Gasteiger charge is 2.27. The van der Waals surface area contributed by atoms with Crippen molar-refractivity contribution in [3.8, 4) is 22.3 Å². The Kier molecular flexibility index (Phi) is 8.03. The molecule has 69 heavy (non-hydrogen) atoms. The van der Waals surface area contributed by atoms with Gasteiger partial charge in [-0.05, 0) is 91.5 Å². The molecule has 0 aliphatic carbocycles. The topological polar surface area (TPSA) is 76.2 Å². The second-order valence-electron chi connectivity index (χ2n) is 17.9. The molecule has 0 saturated heterocycles. The zero-order chi connectivity index (χ0) is 45.2. The highest BCUT2D eigenvalue weighted by Crippen LogP contribution is 2.45. The molecule has 6 heteroatoms. The van der Waals surface area contributed by atoms with E-state index in [1.54, 1.807) is 0 Å². The highest BCUT2D eigenvalue weighted by molar-refractivity contribution is 6.24. The Hall–Kier alpha value is -9.26. The largest absolute Gasteiger partial charge is 0.456 e. The molecule has 1 N–H and O–H groups in total. The van der Waals surface area contributed by atoms with Crippen LogP contribution >= 0.6 is 0 Å². The Labute approximate surface area is 394 Å². The minimum absolute atomic E-state index is 0.464. The van der Waals surface area contributed by atoms with E-state index < -0.39 is 6.17 Å². The Morgan fingerprint density at radius 1 is 0.348 bits per heavy atom. The third kappa shape index (κ3) is 5.73. The highest BCUT2D eigenvalue weighted by atomic mass is 16.3. The van der Waals surface area contributed by atoms with Crippen LogP contribution in [0.2, 0.25) is 0 Å². The van der Waals surface area contributed by atoms with Gasteiger partial charge >= 0.3 is 0 Å². The molecule has 0 bridgehead atoms. The number of nitrogens with one attached hydrogen (secondary N) is 1. The molecule has 0 fully saturated rings. The summed E-state index contributed by atoms with van der Waals surface area (Å²) in [4.78, 5) is 10.9. The van der Waals surface area contributed by atoms with E-state index in [1.165, 1.54) is 16.2 Å². The van der Waals surface area contributed by atoms with Crippen LogP contribution in [0.25, 0.3) is 120 Å². The van der Waals surface area contributed by atoms with Crippen molar-refractivity contribution in [3.05, 3.63) is 229 Å². The number of para-hydroxylation sites is 3. The predicted octanol–water partition coefficient (Wildman–Crippen LogP) is 16.7. The number of hydrogen-bond donors (Lipinski definition) is 1. The normalized spacial score (nSPS) is 14.2. The van der Waals surface area contributed by atoms with E-state index in [0.29, 0.717) is 5.84 Å². The number of hydrogen-bond acceptors (Lipinski definition) is 6. The molecule has 1 aliphatic heterocycles. The first kappa shape index (κ1) is 37.9. The fraction of sp³-hybridized carbons (Fsp3) is 0.0159. The van der Waals surface area contributed by atoms with Gasteiger partial charge < -0.3 is 18.6 Å². The van der Waals surface area contributed by atoms with E-state index in [1.807, 2.05) is 36.4 Å². The summed E-state index contributed by atoms with van der Waals surface area (Å²) in [5, 5.41) is 17.1. The van der Waals surface area contributed by atoms with Gasteiger partial charge in [0.05, 0.1) is 0 Å². The van der Waals surface area contributed by atoms with Gasteiger partial charge in [0.2, 0.25) is 0 Å². The number of amidine groups is 2. The molecule has 14 aromatic rings. The van der Waals surface area contributed by atoms with Gasteiger partial charge in [0.15, 0.2) is 5.84 Å². The lowest BCUT2D eigenvalue weighted by molar-refractivity contribution is 0.662. The van der Waals surface area contributed by atoms with Crippen LogP contribution in [0.1, 0.15) is 22.9 Å². The lowest BCUT2D eigenvalue weighted by atomic mass is 9.91. The van der Waals surface area contributed by atoms with Crippen LogP contribution in [-0.4, -0.2) is 11.7 Å². The lowest BCUT2D eigenvalue weighted by Crippen LogP contribution is -2.33. The molecule has 322 valence electrons. The predicted molar refractivity (Wildman–Crippen MR) is 284 cm³/mol. The van der Waals surface area contributed by atoms with Crippen LogP contribution in [0.4, 0.5) is 0 Å². The van der Waals surface area contributed by atoms with Crippen molar-refractivity contribution in [2.24, 2.45) is 9.98 Å². The summed E-state index contributed by atoms with van der Waals surface area (Å²) in [6.07, 6.45) is -0.464. The molecule has 1 atom stereocenters. The Bertz CT molecular complexity index is 4550. The van der Waals surface area contributed by atoms with Crippen LogP contribution in [0, 0.1) is 0 Å². The summed E-state index contributed by atoms with van der Waals surface area (Å²) in [6, 6.07) is 74.4. The second kappa shape index (κ2) is 14.6. The molecule has 0 saturated carbocycles. The van der Waals surface area contributed by atoms with Crippen molar-refractivity contribution in [3.63, 3.8) is 0 Å². The quantitative estimate of drug-likeness (QED) is 0.175. The lowest BCUT2D eigenvalue weighted by Gasteiger charge is -2.25. The first-order chi connectivity index (χ1) is 34.2. The maximum absolute atomic E-state index is 6.89. The van der Waals surface area contributed by atoms with Crippen LogP contribution in [0.3, 0.4) is 0 Å². The number of furan rings is 3. The molecule has 6 nitrogen and oxygen atoms in total. The maximum atomic E-state index is 6.89. The molecule has 15 rings (SSSR count). The minimum atomic E-state index is -0.464. The molecular formula is C63H37N3O3. The van der Waals surface area contributed by atoms with E-state index >= 15 is 0 Å². The van der Waals surface area contributed by atoms with Crippen LogP contribution in [0.5, 0.6) is 0 Å². The van der Waals surface area contributed by atoms with Gasteiger partial charge in [0.25, 0.3) is 0 Å². The third-order valence-electron chi connectivity index (χ3n) is 14.2. The van der Waals surface area contributed by atoms with Crippen molar-refractivity contribution >= 4 is 110 Å². The SMILES string of the molecule is c1ccc2c(c1)ccc1cc(C3=NC(c4ccc(-c5cccc6oc7c(-c8cccc9oc%10ccccc%10c89)cccc7c56)c5ccccc45)=NC(c4cccc5oc6ccccc6c45)N3)ccc12. The molecule has 0 spiro atoms. The monoisotopic (exact) mass is 883 g/mol. The zero-order valence-electron chi connectivity index (χ0n) is 36.9. The van der Waals surface area contributed by atoms with Crippen molar-refractivity contribution in [2.45, 2.75) is 6.17 Å². The Morgan fingerprint density at radius 3 is 1.68 bits per heavy atom. The van der Waals surface area contributed by atoms with Gasteiger partial charge in [0, 0.05) is 54.6 Å². The standard InChI is InChI=1S/C63H37N3O3/c1-2-14-39-36(13-1)29-30-37-35-38(31-32-40(37)39)61-64-62(66-63(65-61)51-23-12-27-55-59(51)49-18-6-8-25-53(49)68-55)47-34-33-43(41-15-3-4-16-42(41)47)44-19-10-28-56-58(44)50-22-9-21-46(60(50)69-56)45-20-11-26-54-57(45)48-17-5-7-24-52(48)67-54/h1-35,63H,(H,64,65,66). The maximum Gasteiger partial charge on any atom is 0.160 e. The third-order valence-corrected chi connectivity index (χ3v) is 14.2.